The number of methoxy groups -OCH3 is 1. The number of thioether (sulfide) groups is 1. The number of carbonyl (C=O) groups excluding carboxylic acids is 2. The van der Waals surface area contributed by atoms with Crippen molar-refractivity contribution < 1.29 is 14.3 Å². The van der Waals surface area contributed by atoms with Gasteiger partial charge in [-0.3, -0.25) is 19.0 Å². The molecule has 3 aromatic rings. The molecule has 0 bridgehead atoms. The lowest BCUT2D eigenvalue weighted by Crippen LogP contribution is -2.28. The molecule has 0 fully saturated rings. The lowest BCUT2D eigenvalue weighted by Gasteiger charge is -2.14. The molecule has 2 aromatic heterocycles. The summed E-state index contributed by atoms with van der Waals surface area (Å²) in [5, 5.41) is 0.264. The molecule has 0 spiro atoms. The van der Waals surface area contributed by atoms with E-state index in [1.54, 1.807) is 7.11 Å². The second-order valence-electron chi connectivity index (χ2n) is 5.96. The minimum absolute atomic E-state index is 0.253. The van der Waals surface area contributed by atoms with Crippen molar-refractivity contribution in [1.29, 1.82) is 0 Å². The fraction of sp³-hybridized carbons (Fsp3) is 0.333. The predicted molar refractivity (Wildman–Crippen MR) is 101 cm³/mol. The molecule has 0 radical (unpaired) electrons. The molecule has 0 amide bonds. The van der Waals surface area contributed by atoms with Gasteiger partial charge in [-0.2, -0.15) is 0 Å². The molecule has 8 heteroatoms. The van der Waals surface area contributed by atoms with Crippen LogP contribution >= 0.6 is 11.8 Å². The van der Waals surface area contributed by atoms with Gasteiger partial charge in [0.1, 0.15) is 16.3 Å². The number of para-hydroxylation sites is 1. The Morgan fingerprint density at radius 3 is 2.62 bits per heavy atom. The zero-order valence-electron chi connectivity index (χ0n) is 14.7. The molecule has 26 heavy (non-hydrogen) atoms. The summed E-state index contributed by atoms with van der Waals surface area (Å²) in [5.41, 5.74) is 1.49. The Labute approximate surface area is 153 Å². The zero-order valence-corrected chi connectivity index (χ0v) is 15.6. The molecule has 0 aliphatic heterocycles. The van der Waals surface area contributed by atoms with E-state index in [1.165, 1.54) is 18.4 Å². The van der Waals surface area contributed by atoms with E-state index < -0.39 is 5.25 Å². The fourth-order valence-corrected chi connectivity index (χ4v) is 3.79. The second kappa shape index (κ2) is 7.43. The van der Waals surface area contributed by atoms with Crippen molar-refractivity contribution in [1.82, 2.24) is 14.5 Å². The first-order valence-corrected chi connectivity index (χ1v) is 8.99. The molecular weight excluding hydrogens is 354 g/mol. The van der Waals surface area contributed by atoms with E-state index >= 15 is 0 Å². The Hall–Kier alpha value is -2.45. The Balaban J connectivity index is 2.24. The van der Waals surface area contributed by atoms with Crippen molar-refractivity contribution in [3.8, 4) is 0 Å². The van der Waals surface area contributed by atoms with E-state index in [0.717, 1.165) is 22.7 Å². The third-order valence-corrected chi connectivity index (χ3v) is 5.48. The van der Waals surface area contributed by atoms with Crippen LogP contribution in [-0.4, -0.2) is 45.1 Å². The number of nitrogens with one attached hydrogen (secondary N) is 1. The van der Waals surface area contributed by atoms with Gasteiger partial charge < -0.3 is 9.72 Å². The second-order valence-corrected chi connectivity index (χ2v) is 7.03. The molecule has 0 aliphatic rings. The van der Waals surface area contributed by atoms with Gasteiger partial charge in [-0.05, 0) is 19.9 Å². The van der Waals surface area contributed by atoms with Gasteiger partial charge in [-0.15, -0.1) is 0 Å². The number of hydrogen-bond acceptors (Lipinski definition) is 6. The first-order chi connectivity index (χ1) is 12.4. The van der Waals surface area contributed by atoms with Crippen LogP contribution in [-0.2, 0) is 20.9 Å². The summed E-state index contributed by atoms with van der Waals surface area (Å²) < 4.78 is 6.53. The summed E-state index contributed by atoms with van der Waals surface area (Å²) in [6.45, 7) is 3.31. The zero-order chi connectivity index (χ0) is 18.8. The highest BCUT2D eigenvalue weighted by Gasteiger charge is 2.25. The highest BCUT2D eigenvalue weighted by Crippen LogP contribution is 2.27. The molecule has 2 heterocycles. The van der Waals surface area contributed by atoms with Crippen LogP contribution in [0, 0.1) is 0 Å². The SMILES string of the molecule is COCCn1c(SC(C(C)=O)C(C)=O)nc2c([nH]c3ccccc32)c1=O. The smallest absolute Gasteiger partial charge is 0.278 e. The van der Waals surface area contributed by atoms with Gasteiger partial charge in [0.2, 0.25) is 0 Å². The highest BCUT2D eigenvalue weighted by molar-refractivity contribution is 8.01. The van der Waals surface area contributed by atoms with Gasteiger partial charge in [0.25, 0.3) is 5.56 Å². The number of H-pyrrole nitrogens is 1. The average molecular weight is 373 g/mol. The standard InChI is InChI=1S/C18H19N3O4S/c1-10(22)16(11(2)23)26-18-20-14-12-6-4-5-7-13(12)19-15(14)17(24)21(18)8-9-25-3/h4-7,16,19H,8-9H2,1-3H3. The normalized spacial score (nSPS) is 11.5. The molecule has 1 N–H and O–H groups in total. The summed E-state index contributed by atoms with van der Waals surface area (Å²) in [7, 11) is 1.54. The maximum absolute atomic E-state index is 13.0. The molecule has 7 nitrogen and oxygen atoms in total. The van der Waals surface area contributed by atoms with Crippen LogP contribution in [0.15, 0.2) is 34.2 Å². The monoisotopic (exact) mass is 373 g/mol. The lowest BCUT2D eigenvalue weighted by molar-refractivity contribution is -0.123. The quantitative estimate of drug-likeness (QED) is 0.387. The molecule has 0 saturated heterocycles. The van der Waals surface area contributed by atoms with E-state index in [9.17, 15) is 14.4 Å². The van der Waals surface area contributed by atoms with Crippen LogP contribution in [0.4, 0.5) is 0 Å². The molecule has 1 aromatic carbocycles. The number of nitrogens with zero attached hydrogens (tertiary/aromatic N) is 2. The number of carbonyl (C=O) groups is 2. The van der Waals surface area contributed by atoms with Crippen molar-refractivity contribution in [2.45, 2.75) is 30.8 Å². The predicted octanol–water partition coefficient (Wildman–Crippen LogP) is 2.16. The molecule has 0 saturated carbocycles. The maximum atomic E-state index is 13.0. The van der Waals surface area contributed by atoms with Crippen molar-refractivity contribution >= 4 is 45.3 Å². The van der Waals surface area contributed by atoms with Crippen LogP contribution < -0.4 is 5.56 Å². The Bertz CT molecular complexity index is 1040. The van der Waals surface area contributed by atoms with E-state index in [0.29, 0.717) is 22.8 Å². The van der Waals surface area contributed by atoms with Crippen molar-refractivity contribution in [2.24, 2.45) is 0 Å². The number of benzene rings is 1. The number of Topliss-reactive ketones (excluding diaryl/α,β-unsaturated/α-hetero) is 2. The van der Waals surface area contributed by atoms with Crippen LogP contribution in [0.25, 0.3) is 21.9 Å². The number of rotatable bonds is 7. The summed E-state index contributed by atoms with van der Waals surface area (Å²) in [6, 6.07) is 7.49. The van der Waals surface area contributed by atoms with Crippen LogP contribution in [0.5, 0.6) is 0 Å². The molecule has 0 unspecified atom stereocenters. The average Bonchev–Trinajstić information content (AvgIpc) is 2.97. The van der Waals surface area contributed by atoms with Gasteiger partial charge in [-0.25, -0.2) is 4.98 Å². The summed E-state index contributed by atoms with van der Waals surface area (Å²) in [5.74, 6) is -0.539. The highest BCUT2D eigenvalue weighted by atomic mass is 32.2. The molecule has 136 valence electrons. The largest absolute Gasteiger partial charge is 0.383 e. The summed E-state index contributed by atoms with van der Waals surface area (Å²) in [6.07, 6.45) is 0. The first-order valence-electron chi connectivity index (χ1n) is 8.11. The third kappa shape index (κ3) is 3.30. The van der Waals surface area contributed by atoms with Crippen molar-refractivity contribution in [3.63, 3.8) is 0 Å². The number of aromatic amines is 1. The van der Waals surface area contributed by atoms with Gasteiger partial charge >= 0.3 is 0 Å². The van der Waals surface area contributed by atoms with Gasteiger partial charge in [0.05, 0.1) is 13.2 Å². The minimum atomic E-state index is -0.890. The summed E-state index contributed by atoms with van der Waals surface area (Å²) >= 11 is 1.01. The third-order valence-electron chi connectivity index (χ3n) is 4.06. The summed E-state index contributed by atoms with van der Waals surface area (Å²) in [4.78, 5) is 44.4. The number of ether oxygens (including phenoxy) is 1. The topological polar surface area (TPSA) is 94.0 Å². The van der Waals surface area contributed by atoms with Gasteiger partial charge in [0.15, 0.2) is 16.7 Å². The first kappa shape index (κ1) is 18.3. The Kier molecular flexibility index (Phi) is 5.24. The van der Waals surface area contributed by atoms with E-state index in [-0.39, 0.29) is 23.7 Å². The number of ketones is 2. The van der Waals surface area contributed by atoms with Crippen molar-refractivity contribution in [3.05, 3.63) is 34.6 Å². The van der Waals surface area contributed by atoms with Crippen LogP contribution in [0.1, 0.15) is 13.8 Å². The van der Waals surface area contributed by atoms with E-state index in [2.05, 4.69) is 9.97 Å². The molecular formula is C18H19N3O4S. The molecule has 3 rings (SSSR count). The number of fused-ring (bicyclic) bond motifs is 3. The Morgan fingerprint density at radius 2 is 1.96 bits per heavy atom. The van der Waals surface area contributed by atoms with Gasteiger partial charge in [-0.1, -0.05) is 30.0 Å². The molecule has 0 aliphatic carbocycles. The minimum Gasteiger partial charge on any atom is -0.383 e. The maximum Gasteiger partial charge on any atom is 0.278 e. The number of hydrogen-bond donors (Lipinski definition) is 1. The van der Waals surface area contributed by atoms with E-state index in [4.69, 9.17) is 4.74 Å². The molecule has 0 atom stereocenters. The number of aromatic nitrogens is 3. The van der Waals surface area contributed by atoms with Crippen molar-refractivity contribution in [2.75, 3.05) is 13.7 Å². The van der Waals surface area contributed by atoms with Crippen LogP contribution in [0.3, 0.4) is 0 Å². The lowest BCUT2D eigenvalue weighted by atomic mass is 10.2. The Morgan fingerprint density at radius 1 is 1.27 bits per heavy atom. The van der Waals surface area contributed by atoms with Gasteiger partial charge in [0, 0.05) is 18.0 Å². The fourth-order valence-electron chi connectivity index (χ4n) is 2.80. The van der Waals surface area contributed by atoms with Crippen LogP contribution in [0.2, 0.25) is 0 Å². The van der Waals surface area contributed by atoms with E-state index in [1.807, 2.05) is 24.3 Å².